The fraction of sp³-hybridized carbons (Fsp3) is 0.889. The van der Waals surface area contributed by atoms with E-state index in [0.29, 0.717) is 37.7 Å². The van der Waals surface area contributed by atoms with Crippen LogP contribution in [0.1, 0.15) is 86.0 Å². The summed E-state index contributed by atoms with van der Waals surface area (Å²) in [5.41, 5.74) is -4.91. The topological polar surface area (TPSA) is 159 Å². The Hall–Kier alpha value is -0.870. The molecule has 7 N–H and O–H groups in total. The van der Waals surface area contributed by atoms with Crippen LogP contribution in [0.2, 0.25) is 0 Å². The highest BCUT2D eigenvalue weighted by atomic mass is 16.5. The second-order valence-corrected chi connectivity index (χ2v) is 13.4. The first kappa shape index (κ1) is 27.2. The lowest BCUT2D eigenvalue weighted by molar-refractivity contribution is -0.276. The molecule has 9 atom stereocenters. The third-order valence-electron chi connectivity index (χ3n) is 10.6. The SMILES string of the molecule is CC(C)(O)CCC(O)[C@](C)(O)[C@H]1CC[C@@]2(O)C3=CC(=O)[C@@H]4C[C@@H](O)C(O)(O)C[C@]4(C)[C@H]3CC[C@]12C. The summed E-state index contributed by atoms with van der Waals surface area (Å²) in [4.78, 5) is 13.3. The summed E-state index contributed by atoms with van der Waals surface area (Å²) in [6.07, 6.45) is 1.24. The first-order chi connectivity index (χ1) is 15.8. The molecule has 0 heterocycles. The standard InChI is InChI=1S/C27H44O8/c1-22(2,31)9-8-20(29)25(5,32)19-7-11-26(33)16-12-18(28)17-13-21(30)27(34,35)14-23(17,3)15(16)6-10-24(19,26)4/h12,15,17,19-21,29-35H,6-11,13-14H2,1-5H3/t15-,17-,19-,20?,21+,23+,24+,25+,26+/m0/s1. The van der Waals surface area contributed by atoms with Gasteiger partial charge in [-0.2, -0.15) is 0 Å². The molecule has 4 aliphatic carbocycles. The highest BCUT2D eigenvalue weighted by molar-refractivity contribution is 5.95. The number of carbonyl (C=O) groups excluding carboxylic acids is 1. The molecular weight excluding hydrogens is 452 g/mol. The zero-order valence-corrected chi connectivity index (χ0v) is 21.7. The van der Waals surface area contributed by atoms with Gasteiger partial charge in [0.1, 0.15) is 6.10 Å². The summed E-state index contributed by atoms with van der Waals surface area (Å²) >= 11 is 0. The van der Waals surface area contributed by atoms with E-state index < -0.39 is 57.5 Å². The van der Waals surface area contributed by atoms with Crippen LogP contribution < -0.4 is 0 Å². The van der Waals surface area contributed by atoms with E-state index in [1.165, 1.54) is 6.08 Å². The maximum Gasteiger partial charge on any atom is 0.189 e. The predicted molar refractivity (Wildman–Crippen MR) is 128 cm³/mol. The second-order valence-electron chi connectivity index (χ2n) is 13.4. The van der Waals surface area contributed by atoms with Crippen molar-refractivity contribution in [1.29, 1.82) is 0 Å². The van der Waals surface area contributed by atoms with Crippen molar-refractivity contribution in [2.45, 2.75) is 121 Å². The Balaban J connectivity index is 1.68. The van der Waals surface area contributed by atoms with Gasteiger partial charge in [0.25, 0.3) is 0 Å². The molecule has 200 valence electrons. The van der Waals surface area contributed by atoms with Crippen LogP contribution in [-0.4, -0.2) is 76.3 Å². The molecule has 0 amide bonds. The van der Waals surface area contributed by atoms with Crippen molar-refractivity contribution >= 4 is 5.78 Å². The normalized spacial score (nSPS) is 45.6. The van der Waals surface area contributed by atoms with E-state index in [1.807, 2.05) is 13.8 Å². The van der Waals surface area contributed by atoms with Gasteiger partial charge in [-0.15, -0.1) is 0 Å². The Kier molecular flexibility index (Phi) is 6.26. The number of carbonyl (C=O) groups is 1. The van der Waals surface area contributed by atoms with Crippen LogP contribution in [0.5, 0.6) is 0 Å². The van der Waals surface area contributed by atoms with Crippen LogP contribution in [0.3, 0.4) is 0 Å². The highest BCUT2D eigenvalue weighted by Gasteiger charge is 2.69. The van der Waals surface area contributed by atoms with Crippen LogP contribution in [0.25, 0.3) is 0 Å². The average Bonchev–Trinajstić information content (AvgIpc) is 2.99. The molecule has 4 aliphatic rings. The van der Waals surface area contributed by atoms with E-state index in [2.05, 4.69) is 0 Å². The minimum atomic E-state index is -2.30. The first-order valence-electron chi connectivity index (χ1n) is 13.0. The molecule has 0 aromatic rings. The average molecular weight is 497 g/mol. The van der Waals surface area contributed by atoms with Crippen molar-refractivity contribution in [3.05, 3.63) is 11.6 Å². The van der Waals surface area contributed by atoms with E-state index in [1.54, 1.807) is 20.8 Å². The molecule has 0 spiro atoms. The third-order valence-corrected chi connectivity index (χ3v) is 10.6. The van der Waals surface area contributed by atoms with Gasteiger partial charge in [0.05, 0.1) is 22.9 Å². The van der Waals surface area contributed by atoms with Crippen molar-refractivity contribution in [2.75, 3.05) is 0 Å². The van der Waals surface area contributed by atoms with Crippen LogP contribution in [-0.2, 0) is 4.79 Å². The lowest BCUT2D eigenvalue weighted by Gasteiger charge is -2.61. The number of rotatable bonds is 5. The summed E-state index contributed by atoms with van der Waals surface area (Å²) in [5.74, 6) is -3.79. The molecule has 0 saturated heterocycles. The molecule has 0 aromatic carbocycles. The Morgan fingerprint density at radius 2 is 1.69 bits per heavy atom. The molecular formula is C27H44O8. The molecule has 3 fully saturated rings. The van der Waals surface area contributed by atoms with Crippen LogP contribution in [0, 0.1) is 28.6 Å². The van der Waals surface area contributed by atoms with Gasteiger partial charge < -0.3 is 35.7 Å². The molecule has 0 aliphatic heterocycles. The lowest BCUT2D eigenvalue weighted by atomic mass is 9.45. The van der Waals surface area contributed by atoms with Crippen LogP contribution in [0.4, 0.5) is 0 Å². The lowest BCUT2D eigenvalue weighted by Crippen LogP contribution is -2.64. The number of ketones is 1. The summed E-state index contributed by atoms with van der Waals surface area (Å²) < 4.78 is 0. The summed E-state index contributed by atoms with van der Waals surface area (Å²) in [6, 6.07) is 0. The molecule has 3 saturated carbocycles. The number of aliphatic hydroxyl groups is 7. The Morgan fingerprint density at radius 3 is 2.29 bits per heavy atom. The van der Waals surface area contributed by atoms with Crippen molar-refractivity contribution in [3.8, 4) is 0 Å². The molecule has 0 bridgehead atoms. The van der Waals surface area contributed by atoms with Crippen LogP contribution in [0.15, 0.2) is 11.6 Å². The quantitative estimate of drug-likeness (QED) is 0.279. The minimum absolute atomic E-state index is 0.0386. The largest absolute Gasteiger partial charge is 0.390 e. The van der Waals surface area contributed by atoms with Crippen molar-refractivity contribution in [3.63, 3.8) is 0 Å². The number of fused-ring (bicyclic) bond motifs is 5. The van der Waals surface area contributed by atoms with Gasteiger partial charge in [-0.05, 0) is 94.6 Å². The Labute approximate surface area is 207 Å². The molecule has 35 heavy (non-hydrogen) atoms. The van der Waals surface area contributed by atoms with Gasteiger partial charge >= 0.3 is 0 Å². The van der Waals surface area contributed by atoms with Crippen molar-refractivity contribution in [2.24, 2.45) is 28.6 Å². The van der Waals surface area contributed by atoms with E-state index >= 15 is 0 Å². The van der Waals surface area contributed by atoms with Gasteiger partial charge in [-0.25, -0.2) is 0 Å². The molecule has 1 unspecified atom stereocenters. The van der Waals surface area contributed by atoms with Gasteiger partial charge in [0.2, 0.25) is 0 Å². The fourth-order valence-electron chi connectivity index (χ4n) is 8.39. The number of allylic oxidation sites excluding steroid dienone is 1. The van der Waals surface area contributed by atoms with E-state index in [-0.39, 0.29) is 31.0 Å². The fourth-order valence-corrected chi connectivity index (χ4v) is 8.39. The molecule has 4 rings (SSSR count). The van der Waals surface area contributed by atoms with Gasteiger partial charge in [0, 0.05) is 17.8 Å². The molecule has 8 nitrogen and oxygen atoms in total. The summed E-state index contributed by atoms with van der Waals surface area (Å²) in [5, 5.41) is 76.0. The maximum atomic E-state index is 13.3. The zero-order valence-electron chi connectivity index (χ0n) is 21.7. The van der Waals surface area contributed by atoms with Crippen molar-refractivity contribution in [1.82, 2.24) is 0 Å². The van der Waals surface area contributed by atoms with Gasteiger partial charge in [-0.1, -0.05) is 13.8 Å². The van der Waals surface area contributed by atoms with Crippen molar-refractivity contribution < 1.29 is 40.5 Å². The highest BCUT2D eigenvalue weighted by Crippen LogP contribution is 2.69. The summed E-state index contributed by atoms with van der Waals surface area (Å²) in [7, 11) is 0. The minimum Gasteiger partial charge on any atom is -0.390 e. The molecule has 8 heteroatoms. The number of hydrogen-bond acceptors (Lipinski definition) is 8. The predicted octanol–water partition coefficient (Wildman–Crippen LogP) is 1.17. The van der Waals surface area contributed by atoms with E-state index in [0.717, 1.165) is 0 Å². The number of aliphatic hydroxyl groups excluding tert-OH is 2. The maximum absolute atomic E-state index is 13.3. The van der Waals surface area contributed by atoms with Crippen LogP contribution >= 0.6 is 0 Å². The molecule has 0 aromatic heterocycles. The van der Waals surface area contributed by atoms with E-state index in [9.17, 15) is 40.5 Å². The third kappa shape index (κ3) is 3.95. The first-order valence-corrected chi connectivity index (χ1v) is 13.0. The second kappa shape index (κ2) is 8.06. The molecule has 0 radical (unpaired) electrons. The summed E-state index contributed by atoms with van der Waals surface area (Å²) in [6.45, 7) is 8.69. The Bertz CT molecular complexity index is 903. The number of hydrogen-bond donors (Lipinski definition) is 7. The monoisotopic (exact) mass is 496 g/mol. The Morgan fingerprint density at radius 1 is 1.06 bits per heavy atom. The van der Waals surface area contributed by atoms with Gasteiger partial charge in [-0.3, -0.25) is 4.79 Å². The zero-order chi connectivity index (χ0) is 26.4. The smallest absolute Gasteiger partial charge is 0.189 e. The van der Waals surface area contributed by atoms with E-state index in [4.69, 9.17) is 0 Å². The van der Waals surface area contributed by atoms with Gasteiger partial charge in [0.15, 0.2) is 11.6 Å².